The molecule has 0 aliphatic carbocycles. The van der Waals surface area contributed by atoms with Crippen molar-refractivity contribution in [1.82, 2.24) is 0 Å². The fourth-order valence-electron chi connectivity index (χ4n) is 1.36. The van der Waals surface area contributed by atoms with Gasteiger partial charge in [0.2, 0.25) is 0 Å². The molecule has 0 saturated carbocycles. The molecule has 0 fully saturated rings. The molecule has 0 bridgehead atoms. The van der Waals surface area contributed by atoms with Crippen molar-refractivity contribution in [2.24, 2.45) is 5.73 Å². The zero-order valence-electron chi connectivity index (χ0n) is 8.80. The summed E-state index contributed by atoms with van der Waals surface area (Å²) in [6.45, 7) is 3.83. The Bertz CT molecular complexity index is 323. The third kappa shape index (κ3) is 1.87. The molecule has 78 valence electrons. The SMILES string of the molecule is CCC(C)(N)c1cccc(F)c1OC. The molecule has 1 rings (SSSR count). The Morgan fingerprint density at radius 2 is 2.14 bits per heavy atom. The van der Waals surface area contributed by atoms with E-state index in [4.69, 9.17) is 10.5 Å². The lowest BCUT2D eigenvalue weighted by molar-refractivity contribution is 0.360. The van der Waals surface area contributed by atoms with E-state index >= 15 is 0 Å². The topological polar surface area (TPSA) is 35.2 Å². The van der Waals surface area contributed by atoms with Gasteiger partial charge in [-0.2, -0.15) is 0 Å². The predicted octanol–water partition coefficient (Wildman–Crippen LogP) is 2.42. The fourth-order valence-corrected chi connectivity index (χ4v) is 1.36. The molecule has 1 aromatic rings. The molecule has 0 spiro atoms. The number of ether oxygens (including phenoxy) is 1. The van der Waals surface area contributed by atoms with Crippen molar-refractivity contribution in [1.29, 1.82) is 0 Å². The first-order chi connectivity index (χ1) is 6.53. The van der Waals surface area contributed by atoms with Gasteiger partial charge in [0.15, 0.2) is 11.6 Å². The quantitative estimate of drug-likeness (QED) is 0.807. The molecular weight excluding hydrogens is 181 g/mol. The van der Waals surface area contributed by atoms with E-state index in [1.165, 1.54) is 13.2 Å². The van der Waals surface area contributed by atoms with Gasteiger partial charge >= 0.3 is 0 Å². The van der Waals surface area contributed by atoms with Crippen LogP contribution in [-0.4, -0.2) is 7.11 Å². The van der Waals surface area contributed by atoms with Crippen molar-refractivity contribution in [3.63, 3.8) is 0 Å². The minimum atomic E-state index is -0.548. The first-order valence-corrected chi connectivity index (χ1v) is 4.64. The Labute approximate surface area is 83.9 Å². The molecule has 0 amide bonds. The summed E-state index contributed by atoms with van der Waals surface area (Å²) in [6, 6.07) is 4.81. The smallest absolute Gasteiger partial charge is 0.165 e. The van der Waals surface area contributed by atoms with Gasteiger partial charge in [-0.25, -0.2) is 4.39 Å². The van der Waals surface area contributed by atoms with E-state index in [9.17, 15) is 4.39 Å². The number of para-hydroxylation sites is 1. The Morgan fingerprint density at radius 1 is 1.50 bits per heavy atom. The summed E-state index contributed by atoms with van der Waals surface area (Å²) in [6.07, 6.45) is 0.729. The number of hydrogen-bond acceptors (Lipinski definition) is 2. The van der Waals surface area contributed by atoms with Gasteiger partial charge < -0.3 is 10.5 Å². The monoisotopic (exact) mass is 197 g/mol. The highest BCUT2D eigenvalue weighted by Gasteiger charge is 2.24. The summed E-state index contributed by atoms with van der Waals surface area (Å²) in [5, 5.41) is 0. The van der Waals surface area contributed by atoms with Crippen molar-refractivity contribution in [2.75, 3.05) is 7.11 Å². The van der Waals surface area contributed by atoms with Gasteiger partial charge in [0, 0.05) is 11.1 Å². The number of rotatable bonds is 3. The maximum atomic E-state index is 13.3. The van der Waals surface area contributed by atoms with Crippen molar-refractivity contribution in [3.05, 3.63) is 29.6 Å². The van der Waals surface area contributed by atoms with Gasteiger partial charge in [-0.3, -0.25) is 0 Å². The fraction of sp³-hybridized carbons (Fsp3) is 0.455. The number of nitrogens with two attached hydrogens (primary N) is 1. The van der Waals surface area contributed by atoms with Crippen LogP contribution in [-0.2, 0) is 5.54 Å². The zero-order chi connectivity index (χ0) is 10.8. The van der Waals surface area contributed by atoms with Gasteiger partial charge in [-0.05, 0) is 19.4 Å². The second-order valence-corrected chi connectivity index (χ2v) is 3.59. The van der Waals surface area contributed by atoms with Gasteiger partial charge in [0.25, 0.3) is 0 Å². The highest BCUT2D eigenvalue weighted by atomic mass is 19.1. The third-order valence-corrected chi connectivity index (χ3v) is 2.52. The molecule has 1 atom stereocenters. The molecule has 0 radical (unpaired) electrons. The van der Waals surface area contributed by atoms with E-state index in [0.717, 1.165) is 6.42 Å². The maximum absolute atomic E-state index is 13.3. The zero-order valence-corrected chi connectivity index (χ0v) is 8.80. The van der Waals surface area contributed by atoms with Crippen LogP contribution in [0, 0.1) is 5.82 Å². The van der Waals surface area contributed by atoms with Crippen molar-refractivity contribution in [3.8, 4) is 5.75 Å². The molecule has 1 aromatic carbocycles. The summed E-state index contributed by atoms with van der Waals surface area (Å²) in [5.41, 5.74) is 6.20. The minimum Gasteiger partial charge on any atom is -0.493 e. The lowest BCUT2D eigenvalue weighted by Gasteiger charge is -2.25. The maximum Gasteiger partial charge on any atom is 0.165 e. The van der Waals surface area contributed by atoms with Crippen molar-refractivity contribution in [2.45, 2.75) is 25.8 Å². The average Bonchev–Trinajstić information content (AvgIpc) is 2.17. The van der Waals surface area contributed by atoms with Gasteiger partial charge in [0.05, 0.1) is 7.11 Å². The van der Waals surface area contributed by atoms with E-state index in [-0.39, 0.29) is 11.6 Å². The Kier molecular flexibility index (Phi) is 3.11. The van der Waals surface area contributed by atoms with E-state index in [1.54, 1.807) is 12.1 Å². The van der Waals surface area contributed by atoms with Crippen LogP contribution in [0.4, 0.5) is 4.39 Å². The lowest BCUT2D eigenvalue weighted by Crippen LogP contribution is -2.32. The Hall–Kier alpha value is -1.09. The van der Waals surface area contributed by atoms with Crippen LogP contribution in [0.1, 0.15) is 25.8 Å². The van der Waals surface area contributed by atoms with Gasteiger partial charge in [-0.15, -0.1) is 0 Å². The standard InChI is InChI=1S/C11H16FNO/c1-4-11(2,13)8-6-5-7-9(12)10(8)14-3/h5-7H,4,13H2,1-3H3. The number of halogens is 1. The van der Waals surface area contributed by atoms with Gasteiger partial charge in [-0.1, -0.05) is 19.1 Å². The first kappa shape index (κ1) is 11.0. The van der Waals surface area contributed by atoms with E-state index < -0.39 is 5.54 Å². The summed E-state index contributed by atoms with van der Waals surface area (Å²) in [4.78, 5) is 0. The molecule has 2 nitrogen and oxygen atoms in total. The van der Waals surface area contributed by atoms with Crippen LogP contribution >= 0.6 is 0 Å². The molecule has 0 aromatic heterocycles. The largest absolute Gasteiger partial charge is 0.493 e. The second-order valence-electron chi connectivity index (χ2n) is 3.59. The summed E-state index contributed by atoms with van der Waals surface area (Å²) in [5.74, 6) is -0.116. The predicted molar refractivity (Wildman–Crippen MR) is 54.8 cm³/mol. The van der Waals surface area contributed by atoms with Crippen molar-refractivity contribution >= 4 is 0 Å². The number of hydrogen-bond donors (Lipinski definition) is 1. The molecule has 0 heterocycles. The van der Waals surface area contributed by atoms with E-state index in [2.05, 4.69) is 0 Å². The Morgan fingerprint density at radius 3 is 2.64 bits per heavy atom. The average molecular weight is 197 g/mol. The van der Waals surface area contributed by atoms with Crippen LogP contribution < -0.4 is 10.5 Å². The normalized spacial score (nSPS) is 14.9. The molecule has 0 saturated heterocycles. The lowest BCUT2D eigenvalue weighted by atomic mass is 9.90. The molecule has 2 N–H and O–H groups in total. The highest BCUT2D eigenvalue weighted by Crippen LogP contribution is 2.32. The Balaban J connectivity index is 3.27. The third-order valence-electron chi connectivity index (χ3n) is 2.52. The number of methoxy groups -OCH3 is 1. The van der Waals surface area contributed by atoms with E-state index in [1.807, 2.05) is 13.8 Å². The second kappa shape index (κ2) is 3.96. The highest BCUT2D eigenvalue weighted by molar-refractivity contribution is 5.39. The van der Waals surface area contributed by atoms with Crippen LogP contribution in [0.15, 0.2) is 18.2 Å². The van der Waals surface area contributed by atoms with E-state index in [0.29, 0.717) is 5.56 Å². The molecule has 3 heteroatoms. The molecular formula is C11H16FNO. The summed E-state index contributed by atoms with van der Waals surface area (Å²) in [7, 11) is 1.45. The molecule has 1 unspecified atom stereocenters. The van der Waals surface area contributed by atoms with Gasteiger partial charge in [0.1, 0.15) is 0 Å². The number of benzene rings is 1. The summed E-state index contributed by atoms with van der Waals surface area (Å²) >= 11 is 0. The minimum absolute atomic E-state index is 0.249. The van der Waals surface area contributed by atoms with Crippen LogP contribution in [0.2, 0.25) is 0 Å². The molecule has 0 aliphatic heterocycles. The first-order valence-electron chi connectivity index (χ1n) is 4.64. The van der Waals surface area contributed by atoms with Crippen LogP contribution in [0.25, 0.3) is 0 Å². The molecule has 14 heavy (non-hydrogen) atoms. The van der Waals surface area contributed by atoms with Crippen molar-refractivity contribution < 1.29 is 9.13 Å². The van der Waals surface area contributed by atoms with Crippen LogP contribution in [0.5, 0.6) is 5.75 Å². The van der Waals surface area contributed by atoms with Crippen LogP contribution in [0.3, 0.4) is 0 Å². The molecule has 0 aliphatic rings. The summed E-state index contributed by atoms with van der Waals surface area (Å²) < 4.78 is 18.3.